The van der Waals surface area contributed by atoms with Crippen LogP contribution in [-0.2, 0) is 4.79 Å². The van der Waals surface area contributed by atoms with Gasteiger partial charge in [0, 0.05) is 5.41 Å². The van der Waals surface area contributed by atoms with Crippen molar-refractivity contribution in [3.05, 3.63) is 0 Å². The molecule has 0 atom stereocenters. The van der Waals surface area contributed by atoms with Crippen LogP contribution < -0.4 is 0 Å². The zero-order chi connectivity index (χ0) is 14.3. The molecule has 0 aliphatic heterocycles. The molecule has 1 heteroatoms. The number of unbranched alkanes of at least 4 members (excludes halogenated alkanes) is 2. The van der Waals surface area contributed by atoms with E-state index in [1.165, 1.54) is 96.2 Å². The Bertz CT molecular complexity index is 253. The molecule has 20 heavy (non-hydrogen) atoms. The van der Waals surface area contributed by atoms with E-state index in [1.54, 1.807) is 0 Å². The first-order valence-electron chi connectivity index (χ1n) is 9.30. The standard InChI is InChI=1S/C19H34O/c1-2-3-10-15-19(16-20,17-11-6-4-7-12-17)18-13-8-5-9-14-18/h16-18H,2-15H2,1H3. The van der Waals surface area contributed by atoms with Crippen molar-refractivity contribution < 1.29 is 4.79 Å². The Morgan fingerprint density at radius 1 is 0.850 bits per heavy atom. The number of carbonyl (C=O) groups is 1. The molecule has 116 valence electrons. The fourth-order valence-corrected chi connectivity index (χ4v) is 4.95. The lowest BCUT2D eigenvalue weighted by Gasteiger charge is -2.46. The van der Waals surface area contributed by atoms with Gasteiger partial charge in [-0.05, 0) is 43.9 Å². The molecule has 2 fully saturated rings. The Morgan fingerprint density at radius 2 is 1.35 bits per heavy atom. The molecule has 0 saturated heterocycles. The van der Waals surface area contributed by atoms with Gasteiger partial charge in [-0.3, -0.25) is 0 Å². The molecule has 0 aromatic carbocycles. The number of hydrogen-bond donors (Lipinski definition) is 0. The highest BCUT2D eigenvalue weighted by Gasteiger charge is 2.44. The second kappa shape index (κ2) is 8.20. The maximum atomic E-state index is 12.2. The van der Waals surface area contributed by atoms with Crippen LogP contribution in [-0.4, -0.2) is 6.29 Å². The normalized spacial score (nSPS) is 22.9. The molecule has 0 aromatic heterocycles. The van der Waals surface area contributed by atoms with Gasteiger partial charge in [0.25, 0.3) is 0 Å². The monoisotopic (exact) mass is 278 g/mol. The van der Waals surface area contributed by atoms with Gasteiger partial charge in [-0.15, -0.1) is 0 Å². The smallest absolute Gasteiger partial charge is 0.126 e. The molecule has 0 bridgehead atoms. The van der Waals surface area contributed by atoms with E-state index in [-0.39, 0.29) is 5.41 Å². The first-order valence-corrected chi connectivity index (χ1v) is 9.30. The van der Waals surface area contributed by atoms with Crippen molar-refractivity contribution in [2.45, 2.75) is 96.8 Å². The van der Waals surface area contributed by atoms with E-state index in [0.29, 0.717) is 11.8 Å². The molecule has 0 N–H and O–H groups in total. The average molecular weight is 278 g/mol. The third kappa shape index (κ3) is 3.65. The highest BCUT2D eigenvalue weighted by molar-refractivity contribution is 5.60. The van der Waals surface area contributed by atoms with Crippen molar-refractivity contribution in [1.29, 1.82) is 0 Å². The van der Waals surface area contributed by atoms with Gasteiger partial charge in [-0.25, -0.2) is 0 Å². The molecule has 2 aliphatic rings. The molecule has 0 heterocycles. The summed E-state index contributed by atoms with van der Waals surface area (Å²) >= 11 is 0. The molecule has 0 spiro atoms. The molecule has 2 saturated carbocycles. The zero-order valence-electron chi connectivity index (χ0n) is 13.5. The van der Waals surface area contributed by atoms with Crippen LogP contribution in [0.1, 0.15) is 96.8 Å². The quantitative estimate of drug-likeness (QED) is 0.418. The summed E-state index contributed by atoms with van der Waals surface area (Å²) < 4.78 is 0. The fraction of sp³-hybridized carbons (Fsp3) is 0.947. The molecule has 2 rings (SSSR count). The van der Waals surface area contributed by atoms with Gasteiger partial charge in [-0.1, -0.05) is 64.7 Å². The molecule has 0 amide bonds. The van der Waals surface area contributed by atoms with Crippen LogP contribution in [0.25, 0.3) is 0 Å². The molecule has 1 nitrogen and oxygen atoms in total. The van der Waals surface area contributed by atoms with E-state index in [4.69, 9.17) is 0 Å². The predicted octanol–water partition coefficient (Wildman–Crippen LogP) is 5.91. The van der Waals surface area contributed by atoms with Crippen LogP contribution in [0.4, 0.5) is 0 Å². The average Bonchev–Trinajstić information content (AvgIpc) is 2.54. The maximum Gasteiger partial charge on any atom is 0.126 e. The minimum Gasteiger partial charge on any atom is -0.303 e. The summed E-state index contributed by atoms with van der Waals surface area (Å²) in [6.07, 6.45) is 20.0. The van der Waals surface area contributed by atoms with Gasteiger partial charge >= 0.3 is 0 Å². The number of aldehydes is 1. The van der Waals surface area contributed by atoms with Crippen LogP contribution >= 0.6 is 0 Å². The molecule has 0 unspecified atom stereocenters. The van der Waals surface area contributed by atoms with E-state index < -0.39 is 0 Å². The van der Waals surface area contributed by atoms with Crippen molar-refractivity contribution in [2.75, 3.05) is 0 Å². The van der Waals surface area contributed by atoms with Crippen LogP contribution in [0, 0.1) is 17.3 Å². The van der Waals surface area contributed by atoms with Crippen molar-refractivity contribution in [3.63, 3.8) is 0 Å². The minimum atomic E-state index is 0.0516. The van der Waals surface area contributed by atoms with Crippen molar-refractivity contribution in [2.24, 2.45) is 17.3 Å². The Labute approximate surface area is 125 Å². The minimum absolute atomic E-state index is 0.0516. The zero-order valence-corrected chi connectivity index (χ0v) is 13.5. The van der Waals surface area contributed by atoms with E-state index >= 15 is 0 Å². The summed E-state index contributed by atoms with van der Waals surface area (Å²) in [5.74, 6) is 1.41. The highest BCUT2D eigenvalue weighted by atomic mass is 16.1. The second-order valence-electron chi connectivity index (χ2n) is 7.36. The molecule has 0 aromatic rings. The maximum absolute atomic E-state index is 12.2. The number of rotatable bonds is 7. The summed E-state index contributed by atoms with van der Waals surface area (Å²) in [5.41, 5.74) is 0.0516. The summed E-state index contributed by atoms with van der Waals surface area (Å²) in [4.78, 5) is 12.2. The van der Waals surface area contributed by atoms with Crippen LogP contribution in [0.5, 0.6) is 0 Å². The Kier molecular flexibility index (Phi) is 6.58. The van der Waals surface area contributed by atoms with Gasteiger partial charge in [0.1, 0.15) is 6.29 Å². The lowest BCUT2D eigenvalue weighted by Crippen LogP contribution is -2.41. The van der Waals surface area contributed by atoms with Crippen molar-refractivity contribution in [3.8, 4) is 0 Å². The van der Waals surface area contributed by atoms with E-state index in [0.717, 1.165) is 0 Å². The van der Waals surface area contributed by atoms with E-state index in [9.17, 15) is 4.79 Å². The van der Waals surface area contributed by atoms with Crippen molar-refractivity contribution >= 4 is 6.29 Å². The van der Waals surface area contributed by atoms with E-state index in [1.807, 2.05) is 0 Å². The Balaban J connectivity index is 2.11. The Morgan fingerprint density at radius 3 is 1.75 bits per heavy atom. The third-order valence-corrected chi connectivity index (χ3v) is 6.16. The van der Waals surface area contributed by atoms with Gasteiger partial charge < -0.3 is 4.79 Å². The fourth-order valence-electron chi connectivity index (χ4n) is 4.95. The molecule has 0 radical (unpaired) electrons. The summed E-state index contributed by atoms with van der Waals surface area (Å²) in [7, 11) is 0. The topological polar surface area (TPSA) is 17.1 Å². The second-order valence-corrected chi connectivity index (χ2v) is 7.36. The van der Waals surface area contributed by atoms with Gasteiger partial charge in [0.15, 0.2) is 0 Å². The largest absolute Gasteiger partial charge is 0.303 e. The lowest BCUT2D eigenvalue weighted by molar-refractivity contribution is -0.126. The summed E-state index contributed by atoms with van der Waals surface area (Å²) in [6.45, 7) is 2.27. The van der Waals surface area contributed by atoms with Crippen LogP contribution in [0.3, 0.4) is 0 Å². The van der Waals surface area contributed by atoms with Crippen LogP contribution in [0.15, 0.2) is 0 Å². The van der Waals surface area contributed by atoms with Gasteiger partial charge in [-0.2, -0.15) is 0 Å². The first kappa shape index (κ1) is 16.0. The van der Waals surface area contributed by atoms with E-state index in [2.05, 4.69) is 6.92 Å². The first-order chi connectivity index (χ1) is 9.83. The molecular weight excluding hydrogens is 244 g/mol. The van der Waals surface area contributed by atoms with Crippen LogP contribution in [0.2, 0.25) is 0 Å². The molecular formula is C19H34O. The predicted molar refractivity (Wildman–Crippen MR) is 85.8 cm³/mol. The summed E-state index contributed by atoms with van der Waals surface area (Å²) in [6, 6.07) is 0. The lowest BCUT2D eigenvalue weighted by atomic mass is 9.57. The SMILES string of the molecule is CCCCCC(C=O)(C1CCCCC1)C1CCCCC1. The summed E-state index contributed by atoms with van der Waals surface area (Å²) in [5, 5.41) is 0. The van der Waals surface area contributed by atoms with Crippen molar-refractivity contribution in [1.82, 2.24) is 0 Å². The molecule has 2 aliphatic carbocycles. The highest BCUT2D eigenvalue weighted by Crippen LogP contribution is 2.50. The number of carbonyl (C=O) groups excluding carboxylic acids is 1. The van der Waals surface area contributed by atoms with Gasteiger partial charge in [0.05, 0.1) is 0 Å². The van der Waals surface area contributed by atoms with Gasteiger partial charge in [0.2, 0.25) is 0 Å². The Hall–Kier alpha value is -0.330. The third-order valence-electron chi connectivity index (χ3n) is 6.16. The number of hydrogen-bond acceptors (Lipinski definition) is 1.